The molecular weight excluding hydrogens is 212 g/mol. The van der Waals surface area contributed by atoms with E-state index in [1.54, 1.807) is 0 Å². The Morgan fingerprint density at radius 2 is 1.67 bits per heavy atom. The zero-order chi connectivity index (χ0) is 12.1. The summed E-state index contributed by atoms with van der Waals surface area (Å²) in [6.45, 7) is 0. The second-order valence-corrected chi connectivity index (χ2v) is 2.67. The lowest BCUT2D eigenvalue weighted by molar-refractivity contribution is -0.177. The van der Waals surface area contributed by atoms with Crippen LogP contribution in [0.25, 0.3) is 0 Å². The molecular formula is C6H10N2O7. The molecule has 0 heterocycles. The molecule has 0 rings (SSSR count). The Labute approximate surface area is 83.5 Å². The number of hydrogen-bond donors (Lipinski definition) is 4. The normalized spacial score (nSPS) is 13.8. The van der Waals surface area contributed by atoms with Gasteiger partial charge in [0.2, 0.25) is 0 Å². The lowest BCUT2D eigenvalue weighted by Gasteiger charge is -2.20. The van der Waals surface area contributed by atoms with Crippen molar-refractivity contribution < 1.29 is 34.3 Å². The smallest absolute Gasteiger partial charge is 0.357 e. The number of aliphatic hydroxyl groups is 1. The fourth-order valence-corrected chi connectivity index (χ4v) is 0.847. The number of nitrogens with two attached hydrogens (primary N) is 2. The monoisotopic (exact) mass is 222 g/mol. The van der Waals surface area contributed by atoms with Crippen molar-refractivity contribution in [1.29, 1.82) is 0 Å². The van der Waals surface area contributed by atoms with Gasteiger partial charge in [-0.3, -0.25) is 9.59 Å². The van der Waals surface area contributed by atoms with Crippen molar-refractivity contribution in [3.8, 4) is 0 Å². The van der Waals surface area contributed by atoms with Gasteiger partial charge in [-0.1, -0.05) is 0 Å². The minimum atomic E-state index is -2.59. The molecule has 0 aromatic heterocycles. The number of carbonyl (C=O) groups excluding carboxylic acids is 2. The fourth-order valence-electron chi connectivity index (χ4n) is 0.847. The van der Waals surface area contributed by atoms with Gasteiger partial charge in [-0.2, -0.15) is 11.8 Å². The third-order valence-corrected chi connectivity index (χ3v) is 1.50. The Hall–Kier alpha value is -1.71. The molecule has 6 N–H and O–H groups in total. The van der Waals surface area contributed by atoms with Crippen molar-refractivity contribution in [2.24, 2.45) is 11.8 Å². The van der Waals surface area contributed by atoms with E-state index in [1.165, 1.54) is 0 Å². The summed E-state index contributed by atoms with van der Waals surface area (Å²) in [5.74, 6) is 4.77. The molecule has 1 atom stereocenters. The van der Waals surface area contributed by atoms with E-state index in [2.05, 4.69) is 21.5 Å². The number of carboxylic acids is 1. The number of carbonyl (C=O) groups is 3. The first-order valence-corrected chi connectivity index (χ1v) is 3.60. The minimum Gasteiger partial charge on any atom is -0.481 e. The van der Waals surface area contributed by atoms with E-state index in [9.17, 15) is 19.5 Å². The van der Waals surface area contributed by atoms with Gasteiger partial charge in [-0.05, 0) is 0 Å². The van der Waals surface area contributed by atoms with Gasteiger partial charge in [-0.25, -0.2) is 4.79 Å². The lowest BCUT2D eigenvalue weighted by atomic mass is 9.96. The lowest BCUT2D eigenvalue weighted by Crippen LogP contribution is -2.45. The van der Waals surface area contributed by atoms with Crippen molar-refractivity contribution >= 4 is 17.9 Å². The Morgan fingerprint density at radius 1 is 1.13 bits per heavy atom. The molecule has 0 aliphatic rings. The minimum absolute atomic E-state index is 0.966. The first-order valence-electron chi connectivity index (χ1n) is 3.60. The van der Waals surface area contributed by atoms with Gasteiger partial charge < -0.3 is 19.9 Å². The molecule has 9 nitrogen and oxygen atoms in total. The maximum atomic E-state index is 10.9. The maximum Gasteiger partial charge on any atom is 0.357 e. The average molecular weight is 222 g/mol. The van der Waals surface area contributed by atoms with E-state index in [4.69, 9.17) is 5.11 Å². The summed E-state index contributed by atoms with van der Waals surface area (Å²) in [6, 6.07) is 0. The van der Waals surface area contributed by atoms with Crippen molar-refractivity contribution in [3.05, 3.63) is 0 Å². The van der Waals surface area contributed by atoms with Gasteiger partial charge in [0.05, 0.1) is 12.8 Å². The Kier molecular flexibility index (Phi) is 4.64. The van der Waals surface area contributed by atoms with Crippen LogP contribution in [0.5, 0.6) is 0 Å². The van der Waals surface area contributed by atoms with E-state index in [1.807, 2.05) is 0 Å². The number of aliphatic carboxylic acids is 1. The molecule has 0 saturated heterocycles. The van der Waals surface area contributed by atoms with Crippen LogP contribution in [-0.2, 0) is 24.1 Å². The maximum absolute atomic E-state index is 10.9. The van der Waals surface area contributed by atoms with Gasteiger partial charge in [-0.15, -0.1) is 0 Å². The molecule has 0 aromatic rings. The predicted octanol–water partition coefficient (Wildman–Crippen LogP) is -2.58. The van der Waals surface area contributed by atoms with Crippen molar-refractivity contribution in [3.63, 3.8) is 0 Å². The highest BCUT2D eigenvalue weighted by molar-refractivity contribution is 5.89. The van der Waals surface area contributed by atoms with Crippen LogP contribution in [0.3, 0.4) is 0 Å². The fraction of sp³-hybridized carbons (Fsp3) is 0.500. The van der Waals surface area contributed by atoms with Gasteiger partial charge in [0, 0.05) is 0 Å². The van der Waals surface area contributed by atoms with Crippen LogP contribution >= 0.6 is 0 Å². The third kappa shape index (κ3) is 3.89. The molecule has 0 aliphatic carbocycles. The molecule has 15 heavy (non-hydrogen) atoms. The number of hydrogen-bond acceptors (Lipinski definition) is 8. The van der Waals surface area contributed by atoms with Crippen molar-refractivity contribution in [1.82, 2.24) is 0 Å². The molecule has 0 spiro atoms. The zero-order valence-corrected chi connectivity index (χ0v) is 7.50. The molecule has 0 aliphatic heterocycles. The molecule has 1 unspecified atom stereocenters. The molecule has 9 heteroatoms. The zero-order valence-electron chi connectivity index (χ0n) is 7.50. The SMILES string of the molecule is NOC(=O)CC(O)(CC(=O)O)C(=O)ON. The Balaban J connectivity index is 4.76. The second kappa shape index (κ2) is 5.24. The first-order chi connectivity index (χ1) is 6.85. The Bertz CT molecular complexity index is 279. The largest absolute Gasteiger partial charge is 0.481 e. The van der Waals surface area contributed by atoms with Crippen LogP contribution in [0, 0.1) is 0 Å². The summed E-state index contributed by atoms with van der Waals surface area (Å²) in [5, 5.41) is 17.8. The summed E-state index contributed by atoms with van der Waals surface area (Å²) in [5.41, 5.74) is -2.59. The highest BCUT2D eigenvalue weighted by atomic mass is 16.7. The van der Waals surface area contributed by atoms with Crippen LogP contribution in [-0.4, -0.2) is 33.7 Å². The highest BCUT2D eigenvalue weighted by Gasteiger charge is 2.42. The summed E-state index contributed by atoms with van der Waals surface area (Å²) >= 11 is 0. The van der Waals surface area contributed by atoms with Crippen LogP contribution in [0.4, 0.5) is 0 Å². The van der Waals surface area contributed by atoms with E-state index in [-0.39, 0.29) is 0 Å². The molecule has 0 saturated carbocycles. The van der Waals surface area contributed by atoms with Gasteiger partial charge in [0.25, 0.3) is 0 Å². The molecule has 86 valence electrons. The summed E-state index contributed by atoms with van der Waals surface area (Å²) in [7, 11) is 0. The number of carboxylic acid groups (broad SMARTS) is 1. The second-order valence-electron chi connectivity index (χ2n) is 2.67. The topological polar surface area (TPSA) is 162 Å². The molecule has 0 aromatic carbocycles. The van der Waals surface area contributed by atoms with Crippen LogP contribution in [0.1, 0.15) is 12.8 Å². The van der Waals surface area contributed by atoms with Crippen LogP contribution in [0.2, 0.25) is 0 Å². The third-order valence-electron chi connectivity index (χ3n) is 1.50. The molecule has 0 bridgehead atoms. The van der Waals surface area contributed by atoms with Gasteiger partial charge in [0.1, 0.15) is 0 Å². The van der Waals surface area contributed by atoms with Crippen LogP contribution in [0.15, 0.2) is 0 Å². The van der Waals surface area contributed by atoms with E-state index in [0.29, 0.717) is 0 Å². The van der Waals surface area contributed by atoms with Crippen molar-refractivity contribution in [2.75, 3.05) is 0 Å². The number of rotatable bonds is 5. The standard InChI is InChI=1S/C6H10N2O7/c7-14-4(11)2-6(13,1-3(9)10)5(12)15-8/h13H,1-2,7-8H2,(H,9,10). The summed E-state index contributed by atoms with van der Waals surface area (Å²) in [6.07, 6.45) is -2.02. The summed E-state index contributed by atoms with van der Waals surface area (Å²) in [4.78, 5) is 39.2. The van der Waals surface area contributed by atoms with Crippen LogP contribution < -0.4 is 11.8 Å². The average Bonchev–Trinajstić information content (AvgIpc) is 2.14. The first kappa shape index (κ1) is 13.3. The highest BCUT2D eigenvalue weighted by Crippen LogP contribution is 2.17. The quantitative estimate of drug-likeness (QED) is 0.365. The van der Waals surface area contributed by atoms with Gasteiger partial charge >= 0.3 is 17.9 Å². The van der Waals surface area contributed by atoms with Crippen molar-refractivity contribution in [2.45, 2.75) is 18.4 Å². The molecule has 0 amide bonds. The van der Waals surface area contributed by atoms with Gasteiger partial charge in [0.15, 0.2) is 5.60 Å². The summed E-state index contributed by atoms with van der Waals surface area (Å²) < 4.78 is 0. The molecule has 0 fully saturated rings. The molecule has 0 radical (unpaired) electrons. The van der Waals surface area contributed by atoms with E-state index >= 15 is 0 Å². The van der Waals surface area contributed by atoms with E-state index < -0.39 is 36.4 Å². The Morgan fingerprint density at radius 3 is 2.00 bits per heavy atom. The van der Waals surface area contributed by atoms with E-state index in [0.717, 1.165) is 0 Å². The predicted molar refractivity (Wildman–Crippen MR) is 42.4 cm³/mol.